The van der Waals surface area contributed by atoms with Gasteiger partial charge in [-0.2, -0.15) is 0 Å². The van der Waals surface area contributed by atoms with Gasteiger partial charge in [0.25, 0.3) is 0 Å². The maximum absolute atomic E-state index is 12.6. The summed E-state index contributed by atoms with van der Waals surface area (Å²) in [5.74, 6) is 1.46. The topological polar surface area (TPSA) is 86.3 Å². The maximum atomic E-state index is 12.6. The number of anilines is 4. The summed E-state index contributed by atoms with van der Waals surface area (Å²) >= 11 is 6.13. The molecule has 0 spiro atoms. The Morgan fingerprint density at radius 2 is 1.77 bits per heavy atom. The molecule has 30 heavy (non-hydrogen) atoms. The molecule has 2 aromatic heterocycles. The van der Waals surface area contributed by atoms with Crippen molar-refractivity contribution in [3.63, 3.8) is 0 Å². The lowest BCUT2D eigenvalue weighted by molar-refractivity contribution is 0.208. The summed E-state index contributed by atoms with van der Waals surface area (Å²) in [6.45, 7) is 4.47. The van der Waals surface area contributed by atoms with E-state index < -0.39 is 0 Å². The van der Waals surface area contributed by atoms with Gasteiger partial charge in [-0.1, -0.05) is 17.7 Å². The number of amides is 2. The molecule has 0 unspecified atom stereocenters. The zero-order valence-corrected chi connectivity index (χ0v) is 17.3. The Labute approximate surface area is 179 Å². The van der Waals surface area contributed by atoms with E-state index in [0.717, 1.165) is 22.8 Å². The minimum atomic E-state index is -0.122. The van der Waals surface area contributed by atoms with Crippen LogP contribution in [0.2, 0.25) is 5.02 Å². The number of rotatable bonds is 4. The van der Waals surface area contributed by atoms with Gasteiger partial charge < -0.3 is 20.4 Å². The Kier molecular flexibility index (Phi) is 5.94. The Balaban J connectivity index is 1.32. The van der Waals surface area contributed by atoms with Crippen molar-refractivity contribution < 1.29 is 4.79 Å². The highest BCUT2D eigenvalue weighted by Gasteiger charge is 2.22. The fourth-order valence-corrected chi connectivity index (χ4v) is 3.39. The second-order valence-corrected chi connectivity index (χ2v) is 7.36. The fraction of sp³-hybridized carbons (Fsp3) is 0.238. The van der Waals surface area contributed by atoms with Crippen molar-refractivity contribution in [3.05, 3.63) is 65.4 Å². The number of benzene rings is 1. The second kappa shape index (κ2) is 8.96. The number of hydrogen-bond donors (Lipinski definition) is 2. The molecular formula is C21H22ClN7O. The average molecular weight is 424 g/mol. The third-order valence-corrected chi connectivity index (χ3v) is 5.41. The largest absolute Gasteiger partial charge is 0.352 e. The van der Waals surface area contributed by atoms with Crippen LogP contribution >= 0.6 is 11.6 Å². The molecule has 1 aliphatic rings. The summed E-state index contributed by atoms with van der Waals surface area (Å²) in [7, 11) is 0. The van der Waals surface area contributed by atoms with Crippen molar-refractivity contribution in [3.8, 4) is 0 Å². The third-order valence-electron chi connectivity index (χ3n) is 5.00. The average Bonchev–Trinajstić information content (AvgIpc) is 2.78. The van der Waals surface area contributed by atoms with Gasteiger partial charge in [-0.15, -0.1) is 10.2 Å². The van der Waals surface area contributed by atoms with Crippen LogP contribution in [0.3, 0.4) is 0 Å². The number of nitrogens with zero attached hydrogens (tertiary/aromatic N) is 5. The van der Waals surface area contributed by atoms with E-state index in [2.05, 4.69) is 30.7 Å². The van der Waals surface area contributed by atoms with E-state index in [9.17, 15) is 4.79 Å². The van der Waals surface area contributed by atoms with Crippen LogP contribution in [0.1, 0.15) is 5.56 Å². The molecule has 0 bridgehead atoms. The molecule has 1 aromatic carbocycles. The highest BCUT2D eigenvalue weighted by atomic mass is 35.5. The van der Waals surface area contributed by atoms with E-state index in [-0.39, 0.29) is 6.03 Å². The van der Waals surface area contributed by atoms with E-state index in [1.165, 1.54) is 0 Å². The van der Waals surface area contributed by atoms with Gasteiger partial charge in [-0.3, -0.25) is 4.98 Å². The Morgan fingerprint density at radius 1 is 1.00 bits per heavy atom. The summed E-state index contributed by atoms with van der Waals surface area (Å²) < 4.78 is 0. The highest BCUT2D eigenvalue weighted by Crippen LogP contribution is 2.23. The van der Waals surface area contributed by atoms with Crippen LogP contribution in [0.4, 0.5) is 27.8 Å². The van der Waals surface area contributed by atoms with Crippen LogP contribution in [0.5, 0.6) is 0 Å². The van der Waals surface area contributed by atoms with Crippen molar-refractivity contribution in [2.24, 2.45) is 0 Å². The molecule has 2 N–H and O–H groups in total. The number of urea groups is 1. The smallest absolute Gasteiger partial charge is 0.321 e. The van der Waals surface area contributed by atoms with E-state index in [0.29, 0.717) is 37.0 Å². The Hall–Kier alpha value is -3.39. The van der Waals surface area contributed by atoms with Crippen molar-refractivity contribution in [2.45, 2.75) is 6.92 Å². The van der Waals surface area contributed by atoms with E-state index >= 15 is 0 Å². The number of carbonyl (C=O) groups excluding carboxylic acids is 1. The minimum Gasteiger partial charge on any atom is -0.352 e. The molecule has 1 fully saturated rings. The molecule has 3 aromatic rings. The zero-order chi connectivity index (χ0) is 20.9. The molecule has 0 aliphatic carbocycles. The first-order chi connectivity index (χ1) is 14.6. The van der Waals surface area contributed by atoms with Crippen LogP contribution in [0.15, 0.2) is 54.9 Å². The number of pyridine rings is 1. The van der Waals surface area contributed by atoms with Gasteiger partial charge in [0.2, 0.25) is 0 Å². The summed E-state index contributed by atoms with van der Waals surface area (Å²) in [4.78, 5) is 20.5. The van der Waals surface area contributed by atoms with Crippen LogP contribution in [0.25, 0.3) is 0 Å². The van der Waals surface area contributed by atoms with Crippen LogP contribution in [-0.2, 0) is 0 Å². The zero-order valence-electron chi connectivity index (χ0n) is 16.5. The van der Waals surface area contributed by atoms with Gasteiger partial charge in [0.1, 0.15) is 0 Å². The van der Waals surface area contributed by atoms with Crippen molar-refractivity contribution in [1.29, 1.82) is 0 Å². The van der Waals surface area contributed by atoms with Gasteiger partial charge in [0, 0.05) is 55.0 Å². The van der Waals surface area contributed by atoms with Crippen LogP contribution in [-0.4, -0.2) is 52.3 Å². The first-order valence-electron chi connectivity index (χ1n) is 9.67. The summed E-state index contributed by atoms with van der Waals surface area (Å²) in [5, 5.41) is 15.3. The molecule has 0 atom stereocenters. The quantitative estimate of drug-likeness (QED) is 0.661. The van der Waals surface area contributed by atoms with Gasteiger partial charge in [0.15, 0.2) is 11.6 Å². The number of piperazine rings is 1. The molecule has 2 amide bonds. The molecule has 9 heteroatoms. The van der Waals surface area contributed by atoms with Crippen molar-refractivity contribution in [2.75, 3.05) is 41.7 Å². The first-order valence-corrected chi connectivity index (χ1v) is 10.0. The number of hydrogen-bond acceptors (Lipinski definition) is 6. The molecule has 1 aliphatic heterocycles. The number of aromatic nitrogens is 3. The van der Waals surface area contributed by atoms with E-state index in [1.54, 1.807) is 17.3 Å². The predicted octanol–water partition coefficient (Wildman–Crippen LogP) is 3.93. The van der Waals surface area contributed by atoms with Crippen molar-refractivity contribution >= 4 is 40.6 Å². The lowest BCUT2D eigenvalue weighted by Crippen LogP contribution is -2.50. The van der Waals surface area contributed by atoms with Gasteiger partial charge in [-0.25, -0.2) is 4.79 Å². The predicted molar refractivity (Wildman–Crippen MR) is 119 cm³/mol. The van der Waals surface area contributed by atoms with Crippen LogP contribution in [0, 0.1) is 6.92 Å². The van der Waals surface area contributed by atoms with E-state index in [4.69, 9.17) is 11.6 Å². The Bertz CT molecular complexity index is 1010. The second-order valence-electron chi connectivity index (χ2n) is 6.95. The van der Waals surface area contributed by atoms with Crippen molar-refractivity contribution in [1.82, 2.24) is 20.1 Å². The number of halogens is 1. The molecule has 0 saturated carbocycles. The molecule has 1 saturated heterocycles. The number of carbonyl (C=O) groups is 1. The third kappa shape index (κ3) is 4.60. The minimum absolute atomic E-state index is 0.122. The number of nitrogens with one attached hydrogen (secondary N) is 2. The molecule has 154 valence electrons. The van der Waals surface area contributed by atoms with E-state index in [1.807, 2.05) is 49.4 Å². The van der Waals surface area contributed by atoms with Gasteiger partial charge >= 0.3 is 6.03 Å². The fourth-order valence-electron chi connectivity index (χ4n) is 3.22. The summed E-state index contributed by atoms with van der Waals surface area (Å²) in [6, 6.07) is 12.9. The lowest BCUT2D eigenvalue weighted by atomic mass is 10.2. The summed E-state index contributed by atoms with van der Waals surface area (Å²) in [5.41, 5.74) is 2.50. The lowest BCUT2D eigenvalue weighted by Gasteiger charge is -2.35. The van der Waals surface area contributed by atoms with Crippen LogP contribution < -0.4 is 15.5 Å². The molecular weight excluding hydrogens is 402 g/mol. The monoisotopic (exact) mass is 423 g/mol. The molecule has 3 heterocycles. The Morgan fingerprint density at radius 3 is 2.47 bits per heavy atom. The SMILES string of the molecule is Cc1c(Cl)cccc1NC(=O)N1CCN(c2ccc(Nc3ccncc3)nn2)CC1. The first kappa shape index (κ1) is 19.9. The van der Waals surface area contributed by atoms with Gasteiger partial charge in [0.05, 0.1) is 0 Å². The highest BCUT2D eigenvalue weighted by molar-refractivity contribution is 6.31. The normalized spacial score (nSPS) is 13.8. The molecule has 4 rings (SSSR count). The summed E-state index contributed by atoms with van der Waals surface area (Å²) in [6.07, 6.45) is 3.43. The van der Waals surface area contributed by atoms with Gasteiger partial charge in [-0.05, 0) is 48.9 Å². The molecule has 0 radical (unpaired) electrons. The molecule has 8 nitrogen and oxygen atoms in total. The maximum Gasteiger partial charge on any atom is 0.321 e. The standard InChI is InChI=1S/C21H22ClN7O/c1-15-17(22)3-2-4-18(15)25-21(30)29-13-11-28(12-14-29)20-6-5-19(26-27-20)24-16-7-9-23-10-8-16/h2-10H,11-14H2,1H3,(H,25,30)(H,23,24,26).